The first-order valence-corrected chi connectivity index (χ1v) is 11.9. The second-order valence-corrected chi connectivity index (χ2v) is 10.1. The highest BCUT2D eigenvalue weighted by Gasteiger charge is 2.52. The SMILES string of the molecule is CC1CN(C(=O)C(C)(NC(=O)OCC2c3ccccc3-c3ccccc32)C2CC2)CC1C(=O)O. The molecule has 2 amide bonds. The molecule has 34 heavy (non-hydrogen) atoms. The number of aliphatic carboxylic acids is 1. The van der Waals surface area contributed by atoms with Crippen molar-refractivity contribution in [3.8, 4) is 11.1 Å². The van der Waals surface area contributed by atoms with Crippen molar-refractivity contribution in [3.05, 3.63) is 59.7 Å². The number of carbonyl (C=O) groups excluding carboxylic acids is 2. The highest BCUT2D eigenvalue weighted by Crippen LogP contribution is 2.45. The molecule has 1 saturated heterocycles. The Labute approximate surface area is 199 Å². The number of ether oxygens (including phenoxy) is 1. The van der Waals surface area contributed by atoms with E-state index in [2.05, 4.69) is 29.6 Å². The summed E-state index contributed by atoms with van der Waals surface area (Å²) in [5.41, 5.74) is 3.46. The summed E-state index contributed by atoms with van der Waals surface area (Å²) in [7, 11) is 0. The summed E-state index contributed by atoms with van der Waals surface area (Å²) in [6.07, 6.45) is 1.07. The summed E-state index contributed by atoms with van der Waals surface area (Å²) in [4.78, 5) is 39.5. The Morgan fingerprint density at radius 3 is 2.15 bits per heavy atom. The van der Waals surface area contributed by atoms with E-state index in [1.165, 1.54) is 0 Å². The largest absolute Gasteiger partial charge is 0.481 e. The third-order valence-electron chi connectivity index (χ3n) is 7.76. The first-order valence-electron chi connectivity index (χ1n) is 11.9. The predicted octanol–water partition coefficient (Wildman–Crippen LogP) is 3.87. The van der Waals surface area contributed by atoms with Gasteiger partial charge in [-0.1, -0.05) is 55.5 Å². The van der Waals surface area contributed by atoms with Crippen molar-refractivity contribution in [2.24, 2.45) is 17.8 Å². The van der Waals surface area contributed by atoms with E-state index in [9.17, 15) is 19.5 Å². The molecule has 2 aromatic rings. The number of carboxylic acids is 1. The quantitative estimate of drug-likeness (QED) is 0.679. The normalized spacial score (nSPS) is 23.1. The van der Waals surface area contributed by atoms with E-state index >= 15 is 0 Å². The average Bonchev–Trinajstić information content (AvgIpc) is 3.54. The van der Waals surface area contributed by atoms with Crippen LogP contribution in [-0.4, -0.2) is 53.2 Å². The second-order valence-electron chi connectivity index (χ2n) is 10.1. The van der Waals surface area contributed by atoms with Gasteiger partial charge in [-0.05, 0) is 53.9 Å². The van der Waals surface area contributed by atoms with Crippen LogP contribution in [0.15, 0.2) is 48.5 Å². The van der Waals surface area contributed by atoms with E-state index in [-0.39, 0.29) is 36.8 Å². The monoisotopic (exact) mass is 462 g/mol. The van der Waals surface area contributed by atoms with Crippen LogP contribution in [0.5, 0.6) is 0 Å². The smallest absolute Gasteiger partial charge is 0.408 e. The number of rotatable bonds is 6. The van der Waals surface area contributed by atoms with Gasteiger partial charge >= 0.3 is 12.1 Å². The lowest BCUT2D eigenvalue weighted by molar-refractivity contribution is -0.142. The Morgan fingerprint density at radius 2 is 1.62 bits per heavy atom. The molecule has 3 unspecified atom stereocenters. The fraction of sp³-hybridized carbons (Fsp3) is 0.444. The van der Waals surface area contributed by atoms with Gasteiger partial charge < -0.3 is 20.1 Å². The van der Waals surface area contributed by atoms with E-state index < -0.39 is 23.5 Å². The van der Waals surface area contributed by atoms with Gasteiger partial charge in [-0.15, -0.1) is 0 Å². The third kappa shape index (κ3) is 3.83. The highest BCUT2D eigenvalue weighted by atomic mass is 16.5. The maximum absolute atomic E-state index is 13.4. The van der Waals surface area contributed by atoms with Crippen LogP contribution in [0.3, 0.4) is 0 Å². The van der Waals surface area contributed by atoms with Crippen LogP contribution in [0.4, 0.5) is 4.79 Å². The summed E-state index contributed by atoms with van der Waals surface area (Å²) in [6.45, 7) is 4.32. The number of carboxylic acid groups (broad SMARTS) is 1. The van der Waals surface area contributed by atoms with Gasteiger partial charge in [0.2, 0.25) is 5.91 Å². The van der Waals surface area contributed by atoms with E-state index in [1.54, 1.807) is 11.8 Å². The molecule has 0 bridgehead atoms. The Kier molecular flexibility index (Phi) is 5.58. The van der Waals surface area contributed by atoms with Gasteiger partial charge in [0.25, 0.3) is 0 Å². The summed E-state index contributed by atoms with van der Waals surface area (Å²) >= 11 is 0. The van der Waals surface area contributed by atoms with E-state index in [1.807, 2.05) is 31.2 Å². The lowest BCUT2D eigenvalue weighted by Crippen LogP contribution is -2.59. The van der Waals surface area contributed by atoms with Crippen molar-refractivity contribution < 1.29 is 24.2 Å². The zero-order valence-electron chi connectivity index (χ0n) is 19.5. The van der Waals surface area contributed by atoms with Crippen molar-refractivity contribution in [2.45, 2.75) is 38.1 Å². The predicted molar refractivity (Wildman–Crippen MR) is 126 cm³/mol. The van der Waals surface area contributed by atoms with Gasteiger partial charge in [0, 0.05) is 19.0 Å². The molecule has 2 N–H and O–H groups in total. The fourth-order valence-corrected chi connectivity index (χ4v) is 5.62. The molecular formula is C27H30N2O5. The van der Waals surface area contributed by atoms with E-state index in [4.69, 9.17) is 4.74 Å². The van der Waals surface area contributed by atoms with Crippen LogP contribution in [-0.2, 0) is 14.3 Å². The van der Waals surface area contributed by atoms with Gasteiger partial charge in [-0.3, -0.25) is 9.59 Å². The number of hydrogen-bond acceptors (Lipinski definition) is 4. The molecule has 1 heterocycles. The van der Waals surface area contributed by atoms with Crippen molar-refractivity contribution in [3.63, 3.8) is 0 Å². The molecule has 0 radical (unpaired) electrons. The van der Waals surface area contributed by atoms with E-state index in [0.29, 0.717) is 6.54 Å². The molecule has 2 aliphatic carbocycles. The molecule has 178 valence electrons. The lowest BCUT2D eigenvalue weighted by atomic mass is 9.94. The van der Waals surface area contributed by atoms with Crippen LogP contribution >= 0.6 is 0 Å². The molecule has 2 aromatic carbocycles. The van der Waals surface area contributed by atoms with Crippen molar-refractivity contribution in [2.75, 3.05) is 19.7 Å². The second kappa shape index (κ2) is 8.46. The Morgan fingerprint density at radius 1 is 1.03 bits per heavy atom. The summed E-state index contributed by atoms with van der Waals surface area (Å²) in [5, 5.41) is 12.3. The highest BCUT2D eigenvalue weighted by molar-refractivity contribution is 5.91. The minimum atomic E-state index is -1.10. The molecular weight excluding hydrogens is 432 g/mol. The lowest BCUT2D eigenvalue weighted by Gasteiger charge is -2.33. The number of amides is 2. The Hall–Kier alpha value is -3.35. The van der Waals surface area contributed by atoms with Gasteiger partial charge in [0.05, 0.1) is 5.92 Å². The maximum atomic E-state index is 13.4. The molecule has 1 saturated carbocycles. The number of alkyl carbamates (subject to hydrolysis) is 1. The third-order valence-corrected chi connectivity index (χ3v) is 7.76. The van der Waals surface area contributed by atoms with Crippen molar-refractivity contribution >= 4 is 18.0 Å². The number of hydrogen-bond donors (Lipinski definition) is 2. The van der Waals surface area contributed by atoms with Crippen LogP contribution in [0.1, 0.15) is 43.7 Å². The number of carbonyl (C=O) groups is 3. The minimum Gasteiger partial charge on any atom is -0.481 e. The Balaban J connectivity index is 1.28. The number of benzene rings is 2. The zero-order chi connectivity index (χ0) is 24.0. The first-order chi connectivity index (χ1) is 16.3. The number of likely N-dealkylation sites (tertiary alicyclic amines) is 1. The molecule has 1 aliphatic heterocycles. The Bertz CT molecular complexity index is 1100. The molecule has 7 heteroatoms. The van der Waals surface area contributed by atoms with Gasteiger partial charge in [-0.25, -0.2) is 4.79 Å². The fourth-order valence-electron chi connectivity index (χ4n) is 5.62. The van der Waals surface area contributed by atoms with Crippen LogP contribution in [0.2, 0.25) is 0 Å². The topological polar surface area (TPSA) is 95.9 Å². The number of fused-ring (bicyclic) bond motifs is 3. The molecule has 5 rings (SSSR count). The molecule has 0 aromatic heterocycles. The van der Waals surface area contributed by atoms with Crippen LogP contribution in [0.25, 0.3) is 11.1 Å². The summed E-state index contributed by atoms with van der Waals surface area (Å²) in [5.74, 6) is -1.85. The molecule has 3 aliphatic rings. The average molecular weight is 463 g/mol. The number of nitrogens with one attached hydrogen (secondary N) is 1. The van der Waals surface area contributed by atoms with Crippen molar-refractivity contribution in [1.29, 1.82) is 0 Å². The van der Waals surface area contributed by atoms with Gasteiger partial charge in [-0.2, -0.15) is 0 Å². The maximum Gasteiger partial charge on any atom is 0.408 e. The standard InChI is InChI=1S/C27H30N2O5/c1-16-13-29(14-22(16)24(30)31)25(32)27(2,17-11-12-17)28-26(33)34-15-23-20-9-5-3-7-18(20)19-8-4-6-10-21(19)23/h3-10,16-17,22-23H,11-15H2,1-2H3,(H,28,33)(H,30,31). The van der Waals surface area contributed by atoms with E-state index in [0.717, 1.165) is 35.1 Å². The van der Waals surface area contributed by atoms with Crippen molar-refractivity contribution in [1.82, 2.24) is 10.2 Å². The van der Waals surface area contributed by atoms with Crippen LogP contribution < -0.4 is 5.32 Å². The van der Waals surface area contributed by atoms with Crippen LogP contribution in [0, 0.1) is 17.8 Å². The first kappa shape index (κ1) is 22.4. The molecule has 7 nitrogen and oxygen atoms in total. The minimum absolute atomic E-state index is 0.0275. The summed E-state index contributed by atoms with van der Waals surface area (Å²) < 4.78 is 5.69. The summed E-state index contributed by atoms with van der Waals surface area (Å²) in [6, 6.07) is 16.3. The zero-order valence-corrected chi connectivity index (χ0v) is 19.5. The van der Waals surface area contributed by atoms with Gasteiger partial charge in [0.15, 0.2) is 0 Å². The van der Waals surface area contributed by atoms with Gasteiger partial charge in [0.1, 0.15) is 12.1 Å². The number of nitrogens with zero attached hydrogens (tertiary/aromatic N) is 1. The molecule has 0 spiro atoms. The molecule has 3 atom stereocenters. The molecule has 2 fully saturated rings.